The molecule has 1 aromatic heterocycles. The van der Waals surface area contributed by atoms with Crippen LogP contribution in [0.15, 0.2) is 62.8 Å². The number of Topliss-reactive ketones (excluding diaryl/α,β-unsaturated/α-hetero) is 2. The average Bonchev–Trinajstić information content (AvgIpc) is 3.11. The summed E-state index contributed by atoms with van der Waals surface area (Å²) >= 11 is 2.15. The number of nitrogens with one attached hydrogen (secondary N) is 1. The van der Waals surface area contributed by atoms with Gasteiger partial charge in [0.25, 0.3) is 0 Å². The van der Waals surface area contributed by atoms with Crippen molar-refractivity contribution in [3.63, 3.8) is 0 Å². The van der Waals surface area contributed by atoms with Crippen LogP contribution in [0.3, 0.4) is 0 Å². The average molecular weight is 423 g/mol. The van der Waals surface area contributed by atoms with Crippen LogP contribution < -0.4 is 9.61 Å². The quantitative estimate of drug-likeness (QED) is 0.652. The van der Waals surface area contributed by atoms with E-state index in [2.05, 4.69) is 4.98 Å². The van der Waals surface area contributed by atoms with Gasteiger partial charge in [-0.15, -0.1) is 0 Å². The number of benzene rings is 2. The van der Waals surface area contributed by atoms with Crippen LogP contribution in [-0.4, -0.2) is 28.8 Å². The normalized spacial score (nSPS) is 17.6. The second-order valence-electron chi connectivity index (χ2n) is 6.62. The van der Waals surface area contributed by atoms with Crippen LogP contribution in [0.25, 0.3) is 0 Å². The van der Waals surface area contributed by atoms with Crippen LogP contribution in [0, 0.1) is 0 Å². The Morgan fingerprint density at radius 2 is 1.76 bits per heavy atom. The second-order valence-corrected chi connectivity index (χ2v) is 8.66. The van der Waals surface area contributed by atoms with Crippen molar-refractivity contribution in [3.05, 3.63) is 84.2 Å². The van der Waals surface area contributed by atoms with E-state index in [1.807, 2.05) is 0 Å². The molecule has 6 nitrogen and oxygen atoms in total. The molecule has 0 saturated carbocycles. The first-order valence-corrected chi connectivity index (χ1v) is 10.3. The number of thioether (sulfide) groups is 1. The Morgan fingerprint density at radius 1 is 1.03 bits per heavy atom. The third-order valence-electron chi connectivity index (χ3n) is 5.05. The van der Waals surface area contributed by atoms with Gasteiger partial charge in [0.05, 0.1) is 27.8 Å². The van der Waals surface area contributed by atoms with Crippen molar-refractivity contribution in [1.29, 1.82) is 0 Å². The van der Waals surface area contributed by atoms with Crippen LogP contribution in [0.4, 0.5) is 0 Å². The molecule has 0 saturated heterocycles. The summed E-state index contributed by atoms with van der Waals surface area (Å²) in [5.74, 6) is -0.846. The van der Waals surface area contributed by atoms with Crippen molar-refractivity contribution in [2.45, 2.75) is 10.9 Å². The third-order valence-corrected chi connectivity index (χ3v) is 7.26. The fourth-order valence-corrected chi connectivity index (χ4v) is 6.02. The SMILES string of the molecule is COc1cc(C2C3=C(Sc4[nH]c(=O)sc42)C(=O)c2ccccc2C3=O)ccc1O. The molecule has 2 aromatic carbocycles. The summed E-state index contributed by atoms with van der Waals surface area (Å²) < 4.78 is 5.22. The number of fused-ring (bicyclic) bond motifs is 2. The lowest BCUT2D eigenvalue weighted by Gasteiger charge is -2.30. The number of carbonyl (C=O) groups is 2. The predicted octanol–water partition coefficient (Wildman–Crippen LogP) is 3.72. The zero-order valence-electron chi connectivity index (χ0n) is 15.0. The zero-order valence-corrected chi connectivity index (χ0v) is 16.6. The van der Waals surface area contributed by atoms with E-state index in [1.165, 1.54) is 13.2 Å². The fourth-order valence-electron chi connectivity index (χ4n) is 3.75. The van der Waals surface area contributed by atoms with Gasteiger partial charge in [0.15, 0.2) is 17.3 Å². The lowest BCUT2D eigenvalue weighted by molar-refractivity contribution is 0.0977. The number of phenols is 1. The van der Waals surface area contributed by atoms with E-state index in [1.54, 1.807) is 36.4 Å². The summed E-state index contributed by atoms with van der Waals surface area (Å²) in [6, 6.07) is 11.5. The molecule has 8 heteroatoms. The Bertz CT molecular complexity index is 1300. The zero-order chi connectivity index (χ0) is 20.3. The van der Waals surface area contributed by atoms with Gasteiger partial charge >= 0.3 is 4.87 Å². The summed E-state index contributed by atoms with van der Waals surface area (Å²) in [4.78, 5) is 42.2. The Labute approximate surface area is 172 Å². The van der Waals surface area contributed by atoms with Crippen molar-refractivity contribution in [2.75, 3.05) is 7.11 Å². The van der Waals surface area contributed by atoms with Gasteiger partial charge < -0.3 is 14.8 Å². The monoisotopic (exact) mass is 423 g/mol. The molecule has 1 aliphatic carbocycles. The molecule has 1 aliphatic heterocycles. The molecule has 0 fully saturated rings. The number of hydrogen-bond donors (Lipinski definition) is 2. The molecule has 2 heterocycles. The Hall–Kier alpha value is -3.10. The molecule has 1 atom stereocenters. The predicted molar refractivity (Wildman–Crippen MR) is 109 cm³/mol. The number of ether oxygens (including phenoxy) is 1. The number of thiazole rings is 1. The Kier molecular flexibility index (Phi) is 4.01. The van der Waals surface area contributed by atoms with Gasteiger partial charge in [-0.05, 0) is 17.7 Å². The van der Waals surface area contributed by atoms with Crippen LogP contribution in [0.5, 0.6) is 11.5 Å². The van der Waals surface area contributed by atoms with Crippen molar-refractivity contribution < 1.29 is 19.4 Å². The number of hydrogen-bond acceptors (Lipinski definition) is 7. The number of rotatable bonds is 2. The number of phenolic OH excluding ortho intramolecular Hbond substituents is 1. The molecular weight excluding hydrogens is 410 g/mol. The fraction of sp³-hybridized carbons (Fsp3) is 0.0952. The maximum atomic E-state index is 13.4. The van der Waals surface area contributed by atoms with E-state index in [4.69, 9.17) is 4.74 Å². The van der Waals surface area contributed by atoms with Gasteiger partial charge in [-0.1, -0.05) is 53.4 Å². The molecule has 2 N–H and O–H groups in total. The topological polar surface area (TPSA) is 96.5 Å². The van der Waals surface area contributed by atoms with Crippen LogP contribution in [0.2, 0.25) is 0 Å². The van der Waals surface area contributed by atoms with E-state index >= 15 is 0 Å². The molecule has 0 spiro atoms. The van der Waals surface area contributed by atoms with Crippen LogP contribution in [-0.2, 0) is 0 Å². The van der Waals surface area contributed by atoms with Gasteiger partial charge in [-0.3, -0.25) is 14.4 Å². The van der Waals surface area contributed by atoms with E-state index < -0.39 is 5.92 Å². The van der Waals surface area contributed by atoms with Crippen molar-refractivity contribution >= 4 is 34.7 Å². The number of H-pyrrole nitrogens is 1. The van der Waals surface area contributed by atoms with Gasteiger partial charge in [-0.2, -0.15) is 0 Å². The van der Waals surface area contributed by atoms with E-state index in [-0.39, 0.29) is 27.9 Å². The maximum absolute atomic E-state index is 13.4. The molecule has 0 amide bonds. The standard InChI is InChI=1S/C21H13NO5S2/c1-27-13-8-9(6-7-12(13)23)14-15-16(24)10-4-2-3-5-11(10)17(25)18(15)28-20-19(14)29-21(26)22-20/h2-8,14,23H,1H3,(H,22,26). The molecule has 29 heavy (non-hydrogen) atoms. The number of allylic oxidation sites excluding steroid dienone is 2. The van der Waals surface area contributed by atoms with E-state index in [0.29, 0.717) is 37.1 Å². The van der Waals surface area contributed by atoms with Gasteiger partial charge in [0.1, 0.15) is 0 Å². The van der Waals surface area contributed by atoms with Gasteiger partial charge in [0, 0.05) is 16.7 Å². The minimum Gasteiger partial charge on any atom is -0.504 e. The van der Waals surface area contributed by atoms with Crippen molar-refractivity contribution in [1.82, 2.24) is 4.98 Å². The first-order chi connectivity index (χ1) is 14.0. The van der Waals surface area contributed by atoms with E-state index in [9.17, 15) is 19.5 Å². The maximum Gasteiger partial charge on any atom is 0.305 e. The Morgan fingerprint density at radius 3 is 2.48 bits per heavy atom. The van der Waals surface area contributed by atoms with Crippen molar-refractivity contribution in [3.8, 4) is 11.5 Å². The smallest absolute Gasteiger partial charge is 0.305 e. The minimum absolute atomic E-state index is 0.0329. The number of carbonyl (C=O) groups excluding carboxylic acids is 2. The molecule has 3 aromatic rings. The highest BCUT2D eigenvalue weighted by Gasteiger charge is 2.43. The summed E-state index contributed by atoms with van der Waals surface area (Å²) in [6.45, 7) is 0. The summed E-state index contributed by atoms with van der Waals surface area (Å²) in [7, 11) is 1.44. The largest absolute Gasteiger partial charge is 0.504 e. The van der Waals surface area contributed by atoms with Crippen molar-refractivity contribution in [2.24, 2.45) is 0 Å². The Balaban J connectivity index is 1.79. The first kappa shape index (κ1) is 18.0. The molecule has 0 radical (unpaired) electrons. The molecular formula is C21H13NO5S2. The molecule has 1 unspecified atom stereocenters. The van der Waals surface area contributed by atoms with Crippen LogP contribution >= 0.6 is 23.1 Å². The number of aromatic amines is 1. The summed E-state index contributed by atoms with van der Waals surface area (Å²) in [6.07, 6.45) is 0. The number of aromatic nitrogens is 1. The highest BCUT2D eigenvalue weighted by molar-refractivity contribution is 8.04. The minimum atomic E-state index is -0.607. The molecule has 0 bridgehead atoms. The molecule has 2 aliphatic rings. The third kappa shape index (κ3) is 2.60. The highest BCUT2D eigenvalue weighted by atomic mass is 32.2. The number of aromatic hydroxyl groups is 1. The first-order valence-electron chi connectivity index (χ1n) is 8.70. The number of methoxy groups -OCH3 is 1. The summed E-state index contributed by atoms with van der Waals surface area (Å²) in [5.41, 5.74) is 1.74. The highest BCUT2D eigenvalue weighted by Crippen LogP contribution is 2.52. The second kappa shape index (κ2) is 6.47. The molecule has 144 valence electrons. The number of ketones is 2. The van der Waals surface area contributed by atoms with Gasteiger partial charge in [0.2, 0.25) is 5.78 Å². The van der Waals surface area contributed by atoms with Gasteiger partial charge in [-0.25, -0.2) is 0 Å². The van der Waals surface area contributed by atoms with Crippen LogP contribution in [0.1, 0.15) is 37.1 Å². The molecule has 5 rings (SSSR count). The van der Waals surface area contributed by atoms with E-state index in [0.717, 1.165) is 23.1 Å². The summed E-state index contributed by atoms with van der Waals surface area (Å²) in [5, 5.41) is 10.5. The lowest BCUT2D eigenvalue weighted by Crippen LogP contribution is -2.27. The lowest BCUT2D eigenvalue weighted by atomic mass is 9.79.